The van der Waals surface area contributed by atoms with Crippen molar-refractivity contribution in [2.45, 2.75) is 38.3 Å². The van der Waals surface area contributed by atoms with Gasteiger partial charge in [-0.2, -0.15) is 0 Å². The van der Waals surface area contributed by atoms with E-state index in [2.05, 4.69) is 64.2 Å². The molecule has 31 heavy (non-hydrogen) atoms. The van der Waals surface area contributed by atoms with Crippen molar-refractivity contribution in [1.82, 2.24) is 14.9 Å². The Balaban J connectivity index is 1.33. The molecule has 5 nitrogen and oxygen atoms in total. The molecule has 1 saturated carbocycles. The molecule has 0 aliphatic heterocycles. The molecule has 5 rings (SSSR count). The van der Waals surface area contributed by atoms with Crippen molar-refractivity contribution < 1.29 is 10.0 Å². The van der Waals surface area contributed by atoms with Gasteiger partial charge in [0.15, 0.2) is 0 Å². The molecule has 2 N–H and O–H groups in total. The van der Waals surface area contributed by atoms with Crippen LogP contribution < -0.4 is 5.48 Å². The van der Waals surface area contributed by atoms with Crippen LogP contribution >= 0.6 is 0 Å². The number of nitrogens with one attached hydrogen (secondary N) is 1. The van der Waals surface area contributed by atoms with Crippen LogP contribution in [-0.2, 0) is 17.8 Å². The topological polar surface area (TPSA) is 57.5 Å². The molecule has 2 aliphatic carbocycles. The van der Waals surface area contributed by atoms with E-state index >= 15 is 0 Å². The lowest BCUT2D eigenvalue weighted by Crippen LogP contribution is -2.32. The Bertz CT molecular complexity index is 1110. The van der Waals surface area contributed by atoms with E-state index in [4.69, 9.17) is 5.21 Å². The summed E-state index contributed by atoms with van der Waals surface area (Å²) in [5.41, 5.74) is 6.75. The van der Waals surface area contributed by atoms with Gasteiger partial charge >= 0.3 is 0 Å². The van der Waals surface area contributed by atoms with Crippen LogP contribution in [0.4, 0.5) is 0 Å². The summed E-state index contributed by atoms with van der Waals surface area (Å²) in [6, 6.07) is 17.8. The summed E-state index contributed by atoms with van der Waals surface area (Å²) >= 11 is 0. The number of hydrogen-bond acceptors (Lipinski definition) is 3. The van der Waals surface area contributed by atoms with Gasteiger partial charge in [0.2, 0.25) is 0 Å². The van der Waals surface area contributed by atoms with Gasteiger partial charge in [0.25, 0.3) is 5.91 Å². The molecule has 1 unspecified atom stereocenters. The monoisotopic (exact) mass is 415 g/mol. The summed E-state index contributed by atoms with van der Waals surface area (Å²) in [6.45, 7) is 3.24. The first-order valence-electron chi connectivity index (χ1n) is 11.2. The van der Waals surface area contributed by atoms with E-state index in [-0.39, 0.29) is 0 Å². The van der Waals surface area contributed by atoms with Crippen LogP contribution in [0.15, 0.2) is 60.8 Å². The Morgan fingerprint density at radius 3 is 2.87 bits per heavy atom. The minimum atomic E-state index is -0.508. The Hall–Kier alpha value is -2.89. The summed E-state index contributed by atoms with van der Waals surface area (Å²) in [6.07, 6.45) is 10.3. The SMILES string of the molecule is O=C(C=Cc1ccc2c(c1)CCC2N(CCn1ccc2ccccc21)CC1CC1)NO. The fourth-order valence-electron chi connectivity index (χ4n) is 4.89. The van der Waals surface area contributed by atoms with Crippen LogP contribution in [0.5, 0.6) is 0 Å². The van der Waals surface area contributed by atoms with Gasteiger partial charge in [0.1, 0.15) is 0 Å². The number of para-hydroxylation sites is 1. The van der Waals surface area contributed by atoms with Crippen molar-refractivity contribution in [3.63, 3.8) is 0 Å². The second-order valence-electron chi connectivity index (χ2n) is 8.83. The Morgan fingerprint density at radius 1 is 1.16 bits per heavy atom. The molecule has 0 spiro atoms. The minimum absolute atomic E-state index is 0.469. The number of fused-ring (bicyclic) bond motifs is 2. The van der Waals surface area contributed by atoms with E-state index in [1.54, 1.807) is 11.6 Å². The molecule has 3 aromatic rings. The lowest BCUT2D eigenvalue weighted by atomic mass is 10.0. The van der Waals surface area contributed by atoms with Crippen LogP contribution in [0, 0.1) is 5.92 Å². The van der Waals surface area contributed by atoms with Gasteiger partial charge < -0.3 is 4.57 Å². The molecule has 0 radical (unpaired) electrons. The van der Waals surface area contributed by atoms with Crippen LogP contribution in [0.25, 0.3) is 17.0 Å². The third-order valence-electron chi connectivity index (χ3n) is 6.69. The highest BCUT2D eigenvalue weighted by molar-refractivity contribution is 5.90. The molecule has 2 aliphatic rings. The maximum atomic E-state index is 11.3. The van der Waals surface area contributed by atoms with E-state index in [9.17, 15) is 4.79 Å². The maximum absolute atomic E-state index is 11.3. The van der Waals surface area contributed by atoms with Crippen molar-refractivity contribution >= 4 is 22.9 Å². The summed E-state index contributed by atoms with van der Waals surface area (Å²) < 4.78 is 2.38. The zero-order valence-corrected chi connectivity index (χ0v) is 17.7. The number of aromatic nitrogens is 1. The van der Waals surface area contributed by atoms with E-state index < -0.39 is 5.91 Å². The minimum Gasteiger partial charge on any atom is -0.346 e. The smallest absolute Gasteiger partial charge is 0.267 e. The number of nitrogens with zero attached hydrogens (tertiary/aromatic N) is 2. The molecule has 160 valence electrons. The van der Waals surface area contributed by atoms with Crippen molar-refractivity contribution in [3.05, 3.63) is 77.5 Å². The highest BCUT2D eigenvalue weighted by Crippen LogP contribution is 2.39. The highest BCUT2D eigenvalue weighted by atomic mass is 16.5. The standard InChI is InChI=1S/C26H29N3O2/c30-26(27-31)12-8-19-7-10-23-22(17-19)9-11-25(23)29(18-20-5-6-20)16-15-28-14-13-21-3-1-2-4-24(21)28/h1-4,7-8,10,12-14,17,20,25,31H,5-6,9,11,15-16,18H2,(H,27,30). The van der Waals surface area contributed by atoms with Crippen molar-refractivity contribution in [3.8, 4) is 0 Å². The quantitative estimate of drug-likeness (QED) is 0.322. The number of carbonyl (C=O) groups is 1. The first kappa shape index (κ1) is 20.0. The number of hydroxylamine groups is 1. The molecule has 1 amide bonds. The maximum Gasteiger partial charge on any atom is 0.267 e. The zero-order chi connectivity index (χ0) is 21.2. The Labute approximate surface area is 182 Å². The lowest BCUT2D eigenvalue weighted by Gasteiger charge is -2.30. The average Bonchev–Trinajstić information content (AvgIpc) is 3.38. The number of amides is 1. The summed E-state index contributed by atoms with van der Waals surface area (Å²) in [5.74, 6) is 0.344. The number of rotatable bonds is 8. The predicted molar refractivity (Wildman–Crippen MR) is 123 cm³/mol. The molecular formula is C26H29N3O2. The number of benzene rings is 2. The molecular weight excluding hydrogens is 386 g/mol. The van der Waals surface area contributed by atoms with Gasteiger partial charge in [0.05, 0.1) is 0 Å². The van der Waals surface area contributed by atoms with Crippen LogP contribution in [0.1, 0.15) is 42.0 Å². The Kier molecular flexibility index (Phi) is 5.62. The highest BCUT2D eigenvalue weighted by Gasteiger charge is 2.32. The second kappa shape index (κ2) is 8.69. The van der Waals surface area contributed by atoms with Crippen LogP contribution in [0.3, 0.4) is 0 Å². The molecule has 0 saturated heterocycles. The fourth-order valence-corrected chi connectivity index (χ4v) is 4.89. The molecule has 2 aromatic carbocycles. The van der Waals surface area contributed by atoms with Crippen LogP contribution in [0.2, 0.25) is 0 Å². The third-order valence-corrected chi connectivity index (χ3v) is 6.69. The summed E-state index contributed by atoms with van der Waals surface area (Å²) in [7, 11) is 0. The predicted octanol–water partition coefficient (Wildman–Crippen LogP) is 4.56. The lowest BCUT2D eigenvalue weighted by molar-refractivity contribution is -0.124. The average molecular weight is 416 g/mol. The summed E-state index contributed by atoms with van der Waals surface area (Å²) in [4.78, 5) is 14.0. The number of carbonyl (C=O) groups excluding carboxylic acids is 1. The zero-order valence-electron chi connectivity index (χ0n) is 17.7. The molecule has 1 aromatic heterocycles. The molecule has 1 heterocycles. The van der Waals surface area contributed by atoms with E-state index in [1.165, 1.54) is 47.5 Å². The van der Waals surface area contributed by atoms with Crippen molar-refractivity contribution in [2.75, 3.05) is 13.1 Å². The molecule has 1 atom stereocenters. The van der Waals surface area contributed by atoms with Gasteiger partial charge in [0, 0.05) is 43.5 Å². The largest absolute Gasteiger partial charge is 0.346 e. The van der Waals surface area contributed by atoms with Gasteiger partial charge in [-0.3, -0.25) is 14.9 Å². The van der Waals surface area contributed by atoms with Crippen molar-refractivity contribution in [1.29, 1.82) is 0 Å². The molecule has 5 heteroatoms. The number of aryl methyl sites for hydroxylation is 1. The third kappa shape index (κ3) is 4.43. The first-order chi connectivity index (χ1) is 15.2. The fraction of sp³-hybridized carbons (Fsp3) is 0.346. The van der Waals surface area contributed by atoms with E-state index in [0.29, 0.717) is 6.04 Å². The van der Waals surface area contributed by atoms with Crippen molar-refractivity contribution in [2.24, 2.45) is 5.92 Å². The van der Waals surface area contributed by atoms with Gasteiger partial charge in [-0.15, -0.1) is 0 Å². The van der Waals surface area contributed by atoms with E-state index in [1.807, 2.05) is 0 Å². The normalized spacial score (nSPS) is 18.2. The molecule has 0 bridgehead atoms. The second-order valence-corrected chi connectivity index (χ2v) is 8.83. The number of hydrogen-bond donors (Lipinski definition) is 2. The summed E-state index contributed by atoms with van der Waals surface area (Å²) in [5, 5.41) is 9.96. The van der Waals surface area contributed by atoms with Gasteiger partial charge in [-0.25, -0.2) is 5.48 Å². The van der Waals surface area contributed by atoms with Crippen LogP contribution in [-0.4, -0.2) is 33.7 Å². The van der Waals surface area contributed by atoms with Gasteiger partial charge in [-0.05, 0) is 71.9 Å². The first-order valence-corrected chi connectivity index (χ1v) is 11.2. The molecule has 1 fully saturated rings. The van der Waals surface area contributed by atoms with Gasteiger partial charge in [-0.1, -0.05) is 36.4 Å². The Morgan fingerprint density at radius 2 is 2.03 bits per heavy atom. The van der Waals surface area contributed by atoms with E-state index in [0.717, 1.165) is 37.4 Å².